The molecule has 1 aromatic carbocycles. The van der Waals surface area contributed by atoms with Gasteiger partial charge in [0.05, 0.1) is 0 Å². The summed E-state index contributed by atoms with van der Waals surface area (Å²) < 4.78 is 5.14. The van der Waals surface area contributed by atoms with Gasteiger partial charge in [0, 0.05) is 0 Å². The Morgan fingerprint density at radius 3 is 2.42 bits per heavy atom. The lowest BCUT2D eigenvalue weighted by Gasteiger charge is -2.18. The van der Waals surface area contributed by atoms with Crippen molar-refractivity contribution in [1.29, 1.82) is 0 Å². The topological polar surface area (TPSA) is 75.6 Å². The molecule has 5 heteroatoms. The van der Waals surface area contributed by atoms with E-state index < -0.39 is 18.1 Å². The minimum Gasteiger partial charge on any atom is -0.480 e. The van der Waals surface area contributed by atoms with Crippen molar-refractivity contribution in [2.75, 3.05) is 0 Å². The average Bonchev–Trinajstić information content (AvgIpc) is 2.31. The van der Waals surface area contributed by atoms with E-state index in [0.29, 0.717) is 5.75 Å². The number of aryl methyl sites for hydroxylation is 1. The monoisotopic (exact) mass is 265 g/mol. The predicted molar refractivity (Wildman–Crippen MR) is 71.3 cm³/mol. The number of ether oxygens (including phenoxy) is 1. The summed E-state index contributed by atoms with van der Waals surface area (Å²) in [6.07, 6.45) is -0.755. The van der Waals surface area contributed by atoms with Gasteiger partial charge < -0.3 is 15.2 Å². The van der Waals surface area contributed by atoms with Gasteiger partial charge in [-0.15, -0.1) is 0 Å². The van der Waals surface area contributed by atoms with Crippen LogP contribution in [0.1, 0.15) is 25.0 Å². The number of hydrogen-bond donors (Lipinski definition) is 2. The van der Waals surface area contributed by atoms with E-state index >= 15 is 0 Å². The summed E-state index contributed by atoms with van der Waals surface area (Å²) in [7, 11) is 0. The molecule has 0 saturated heterocycles. The number of carboxylic acids is 1. The van der Waals surface area contributed by atoms with Crippen molar-refractivity contribution in [3.63, 3.8) is 0 Å². The van der Waals surface area contributed by atoms with Crippen LogP contribution in [0, 0.1) is 19.8 Å². The fourth-order valence-electron chi connectivity index (χ4n) is 1.60. The summed E-state index contributed by atoms with van der Waals surface area (Å²) >= 11 is 0. The molecule has 0 aliphatic heterocycles. The van der Waals surface area contributed by atoms with Gasteiger partial charge in [-0.3, -0.25) is 0 Å². The van der Waals surface area contributed by atoms with Gasteiger partial charge in [-0.25, -0.2) is 9.59 Å². The summed E-state index contributed by atoms with van der Waals surface area (Å²) in [6.45, 7) is 7.19. The molecule has 0 aliphatic carbocycles. The highest BCUT2D eigenvalue weighted by Crippen LogP contribution is 2.20. The van der Waals surface area contributed by atoms with Crippen molar-refractivity contribution in [1.82, 2.24) is 5.32 Å². The zero-order valence-electron chi connectivity index (χ0n) is 11.6. The van der Waals surface area contributed by atoms with E-state index in [1.807, 2.05) is 19.9 Å². The number of hydrogen-bond acceptors (Lipinski definition) is 3. The van der Waals surface area contributed by atoms with E-state index in [1.165, 1.54) is 0 Å². The van der Waals surface area contributed by atoms with Crippen molar-refractivity contribution in [2.45, 2.75) is 33.7 Å². The summed E-state index contributed by atoms with van der Waals surface area (Å²) in [5, 5.41) is 11.3. The Morgan fingerprint density at radius 2 is 1.89 bits per heavy atom. The maximum absolute atomic E-state index is 11.7. The van der Waals surface area contributed by atoms with E-state index in [-0.39, 0.29) is 5.92 Å². The number of rotatable bonds is 4. The molecule has 1 atom stereocenters. The molecule has 0 aliphatic rings. The molecule has 1 rings (SSSR count). The molecular weight excluding hydrogens is 246 g/mol. The number of carboxylic acid groups (broad SMARTS) is 1. The lowest BCUT2D eigenvalue weighted by Crippen LogP contribution is -2.45. The van der Waals surface area contributed by atoms with Gasteiger partial charge in [0.2, 0.25) is 0 Å². The first kappa shape index (κ1) is 15.0. The van der Waals surface area contributed by atoms with Gasteiger partial charge in [0.25, 0.3) is 0 Å². The number of benzene rings is 1. The highest BCUT2D eigenvalue weighted by molar-refractivity contribution is 5.81. The van der Waals surface area contributed by atoms with E-state index in [0.717, 1.165) is 11.1 Å². The Labute approximate surface area is 112 Å². The largest absolute Gasteiger partial charge is 0.480 e. The molecule has 0 heterocycles. The van der Waals surface area contributed by atoms with Crippen LogP contribution < -0.4 is 10.1 Å². The van der Waals surface area contributed by atoms with Crippen LogP contribution >= 0.6 is 0 Å². The third-order valence-electron chi connectivity index (χ3n) is 2.96. The fraction of sp³-hybridized carbons (Fsp3) is 0.429. The van der Waals surface area contributed by atoms with Crippen LogP contribution in [0.2, 0.25) is 0 Å². The second kappa shape index (κ2) is 6.22. The van der Waals surface area contributed by atoms with Crippen LogP contribution in [0.4, 0.5) is 4.79 Å². The van der Waals surface area contributed by atoms with Crippen LogP contribution in [0.25, 0.3) is 0 Å². The van der Waals surface area contributed by atoms with Gasteiger partial charge in [-0.2, -0.15) is 0 Å². The van der Waals surface area contributed by atoms with Crippen LogP contribution in [-0.4, -0.2) is 23.2 Å². The summed E-state index contributed by atoms with van der Waals surface area (Å²) in [5.74, 6) is -0.859. The average molecular weight is 265 g/mol. The molecule has 0 fully saturated rings. The zero-order chi connectivity index (χ0) is 14.6. The second-order valence-electron chi connectivity index (χ2n) is 4.79. The van der Waals surface area contributed by atoms with Gasteiger partial charge in [-0.1, -0.05) is 26.0 Å². The van der Waals surface area contributed by atoms with Crippen LogP contribution in [0.15, 0.2) is 18.2 Å². The van der Waals surface area contributed by atoms with Crippen molar-refractivity contribution in [3.8, 4) is 5.75 Å². The Kier molecular flexibility index (Phi) is 4.92. The zero-order valence-corrected chi connectivity index (χ0v) is 11.6. The van der Waals surface area contributed by atoms with Crippen molar-refractivity contribution in [2.24, 2.45) is 5.92 Å². The van der Waals surface area contributed by atoms with E-state index in [2.05, 4.69) is 5.32 Å². The Bertz CT molecular complexity index is 482. The standard InChI is InChI=1S/C14H19NO4/c1-8(2)12(13(16)17)15-14(18)19-11-7-5-6-9(3)10(11)4/h5-8,12H,1-4H3,(H,15,18)(H,16,17)/t12-/m0/s1. The molecule has 0 spiro atoms. The van der Waals surface area contributed by atoms with Crippen molar-refractivity contribution < 1.29 is 19.4 Å². The molecule has 0 unspecified atom stereocenters. The number of nitrogens with one attached hydrogen (secondary N) is 1. The second-order valence-corrected chi connectivity index (χ2v) is 4.79. The number of carbonyl (C=O) groups excluding carboxylic acids is 1. The van der Waals surface area contributed by atoms with Gasteiger partial charge in [0.1, 0.15) is 11.8 Å². The molecule has 2 N–H and O–H groups in total. The SMILES string of the molecule is Cc1cccc(OC(=O)N[C@H](C(=O)O)C(C)C)c1C. The highest BCUT2D eigenvalue weighted by Gasteiger charge is 2.24. The maximum Gasteiger partial charge on any atom is 0.413 e. The Balaban J connectivity index is 2.75. The van der Waals surface area contributed by atoms with Gasteiger partial charge >= 0.3 is 12.1 Å². The van der Waals surface area contributed by atoms with Crippen molar-refractivity contribution in [3.05, 3.63) is 29.3 Å². The molecule has 0 saturated carbocycles. The normalized spacial score (nSPS) is 12.1. The lowest BCUT2D eigenvalue weighted by atomic mass is 10.1. The molecule has 0 bridgehead atoms. The third kappa shape index (κ3) is 3.98. The summed E-state index contributed by atoms with van der Waals surface area (Å²) in [4.78, 5) is 22.7. The minimum absolute atomic E-state index is 0.219. The maximum atomic E-state index is 11.7. The van der Waals surface area contributed by atoms with E-state index in [9.17, 15) is 9.59 Å². The summed E-state index contributed by atoms with van der Waals surface area (Å²) in [5.41, 5.74) is 1.86. The molecule has 5 nitrogen and oxygen atoms in total. The van der Waals surface area contributed by atoms with Crippen LogP contribution in [0.3, 0.4) is 0 Å². The Morgan fingerprint density at radius 1 is 1.26 bits per heavy atom. The Hall–Kier alpha value is -2.04. The smallest absolute Gasteiger partial charge is 0.413 e. The number of carbonyl (C=O) groups is 2. The first-order chi connectivity index (χ1) is 8.82. The predicted octanol–water partition coefficient (Wildman–Crippen LogP) is 2.50. The first-order valence-electron chi connectivity index (χ1n) is 6.10. The molecule has 104 valence electrons. The van der Waals surface area contributed by atoms with E-state index in [1.54, 1.807) is 26.0 Å². The molecular formula is C14H19NO4. The molecule has 19 heavy (non-hydrogen) atoms. The minimum atomic E-state index is -1.08. The van der Waals surface area contributed by atoms with Gasteiger partial charge in [-0.05, 0) is 37.0 Å². The molecule has 0 aromatic heterocycles. The van der Waals surface area contributed by atoms with Crippen LogP contribution in [-0.2, 0) is 4.79 Å². The van der Waals surface area contributed by atoms with E-state index in [4.69, 9.17) is 9.84 Å². The number of amides is 1. The fourth-order valence-corrected chi connectivity index (χ4v) is 1.60. The highest BCUT2D eigenvalue weighted by atomic mass is 16.6. The summed E-state index contributed by atoms with van der Waals surface area (Å²) in [6, 6.07) is 4.40. The molecule has 1 amide bonds. The number of aliphatic carboxylic acids is 1. The van der Waals surface area contributed by atoms with Gasteiger partial charge in [0.15, 0.2) is 0 Å². The molecule has 1 aromatic rings. The third-order valence-corrected chi connectivity index (χ3v) is 2.96. The quantitative estimate of drug-likeness (QED) is 0.877. The van der Waals surface area contributed by atoms with Crippen LogP contribution in [0.5, 0.6) is 5.75 Å². The lowest BCUT2D eigenvalue weighted by molar-refractivity contribution is -0.140. The molecule has 0 radical (unpaired) electrons. The first-order valence-corrected chi connectivity index (χ1v) is 6.10. The van der Waals surface area contributed by atoms with Crippen molar-refractivity contribution >= 4 is 12.1 Å².